The average Bonchev–Trinajstić information content (AvgIpc) is 2.49. The summed E-state index contributed by atoms with van der Waals surface area (Å²) in [5.74, 6) is -1.64. The van der Waals surface area contributed by atoms with E-state index < -0.39 is 11.6 Å². The quantitative estimate of drug-likeness (QED) is 0.607. The summed E-state index contributed by atoms with van der Waals surface area (Å²) in [5.41, 5.74) is 0.922. The third kappa shape index (κ3) is 3.99. The molecule has 0 aromatic heterocycles. The Labute approximate surface area is 121 Å². The number of hydrogen-bond acceptors (Lipinski definition) is 2. The smallest absolute Gasteiger partial charge is 0.185 e. The highest BCUT2D eigenvalue weighted by atomic mass is 19.2. The van der Waals surface area contributed by atoms with Crippen LogP contribution in [0.25, 0.3) is 6.08 Å². The van der Waals surface area contributed by atoms with Gasteiger partial charge in [-0.2, -0.15) is 0 Å². The zero-order valence-electron chi connectivity index (χ0n) is 11.5. The van der Waals surface area contributed by atoms with Crippen molar-refractivity contribution in [3.63, 3.8) is 0 Å². The molecule has 0 amide bonds. The second-order valence-electron chi connectivity index (χ2n) is 4.33. The number of benzene rings is 2. The first-order valence-electron chi connectivity index (χ1n) is 6.50. The van der Waals surface area contributed by atoms with E-state index in [4.69, 9.17) is 4.74 Å². The van der Waals surface area contributed by atoms with E-state index in [0.29, 0.717) is 6.61 Å². The first-order chi connectivity index (χ1) is 10.1. The highest BCUT2D eigenvalue weighted by Gasteiger charge is 2.07. The highest BCUT2D eigenvalue weighted by molar-refractivity contribution is 6.06. The topological polar surface area (TPSA) is 26.3 Å². The zero-order chi connectivity index (χ0) is 15.2. The normalized spacial score (nSPS) is 10.8. The molecular formula is C17H14F2O2. The molecule has 0 bridgehead atoms. The number of ketones is 1. The van der Waals surface area contributed by atoms with Gasteiger partial charge in [0.25, 0.3) is 0 Å². The maximum absolute atomic E-state index is 13.1. The molecule has 0 saturated carbocycles. The van der Waals surface area contributed by atoms with E-state index in [2.05, 4.69) is 0 Å². The number of allylic oxidation sites excluding steroid dienone is 1. The molecule has 0 aliphatic heterocycles. The molecule has 0 N–H and O–H groups in total. The SMILES string of the molecule is CCOc1ccc(C=CC(=O)c2ccc(F)c(F)c2)cc1. The van der Waals surface area contributed by atoms with Crippen LogP contribution >= 0.6 is 0 Å². The van der Waals surface area contributed by atoms with Crippen LogP contribution in [0.3, 0.4) is 0 Å². The molecule has 2 nitrogen and oxygen atoms in total. The third-order valence-electron chi connectivity index (χ3n) is 2.82. The van der Waals surface area contributed by atoms with Gasteiger partial charge in [0.15, 0.2) is 17.4 Å². The summed E-state index contributed by atoms with van der Waals surface area (Å²) in [5, 5.41) is 0. The Hall–Kier alpha value is -2.49. The summed E-state index contributed by atoms with van der Waals surface area (Å²) in [7, 11) is 0. The van der Waals surface area contributed by atoms with Crippen LogP contribution in [-0.2, 0) is 0 Å². The van der Waals surface area contributed by atoms with Crippen molar-refractivity contribution in [2.24, 2.45) is 0 Å². The Morgan fingerprint density at radius 3 is 2.43 bits per heavy atom. The van der Waals surface area contributed by atoms with Gasteiger partial charge in [-0.15, -0.1) is 0 Å². The highest BCUT2D eigenvalue weighted by Crippen LogP contribution is 2.14. The van der Waals surface area contributed by atoms with Crippen LogP contribution in [0.4, 0.5) is 8.78 Å². The number of ether oxygens (including phenoxy) is 1. The van der Waals surface area contributed by atoms with Crippen molar-refractivity contribution < 1.29 is 18.3 Å². The predicted octanol–water partition coefficient (Wildman–Crippen LogP) is 4.26. The number of carbonyl (C=O) groups excluding carboxylic acids is 1. The lowest BCUT2D eigenvalue weighted by Gasteiger charge is -2.02. The van der Waals surface area contributed by atoms with Gasteiger partial charge >= 0.3 is 0 Å². The Morgan fingerprint density at radius 2 is 1.81 bits per heavy atom. The molecule has 108 valence electrons. The molecule has 2 aromatic carbocycles. The summed E-state index contributed by atoms with van der Waals surface area (Å²) in [6.45, 7) is 2.48. The van der Waals surface area contributed by atoms with Crippen molar-refractivity contribution in [1.82, 2.24) is 0 Å². The molecule has 2 aromatic rings. The molecule has 0 atom stereocenters. The third-order valence-corrected chi connectivity index (χ3v) is 2.82. The van der Waals surface area contributed by atoms with Gasteiger partial charge < -0.3 is 4.74 Å². The average molecular weight is 288 g/mol. The molecule has 0 fully saturated rings. The predicted molar refractivity (Wildman–Crippen MR) is 77.3 cm³/mol. The fourth-order valence-corrected chi connectivity index (χ4v) is 1.76. The van der Waals surface area contributed by atoms with E-state index in [-0.39, 0.29) is 11.3 Å². The number of carbonyl (C=O) groups is 1. The molecular weight excluding hydrogens is 274 g/mol. The van der Waals surface area contributed by atoms with Gasteiger partial charge in [0.1, 0.15) is 5.75 Å². The van der Waals surface area contributed by atoms with Crippen LogP contribution in [0, 0.1) is 11.6 Å². The van der Waals surface area contributed by atoms with Crippen LogP contribution in [0.15, 0.2) is 48.5 Å². The summed E-state index contributed by atoms with van der Waals surface area (Å²) >= 11 is 0. The Kier molecular flexibility index (Phi) is 4.82. The van der Waals surface area contributed by atoms with Crippen LogP contribution in [0.5, 0.6) is 5.75 Å². The van der Waals surface area contributed by atoms with E-state index in [9.17, 15) is 13.6 Å². The Bertz CT molecular complexity index is 661. The lowest BCUT2D eigenvalue weighted by molar-refractivity contribution is 0.104. The van der Waals surface area contributed by atoms with Gasteiger partial charge in [-0.3, -0.25) is 4.79 Å². The van der Waals surface area contributed by atoms with Crippen LogP contribution in [-0.4, -0.2) is 12.4 Å². The van der Waals surface area contributed by atoms with E-state index in [0.717, 1.165) is 23.4 Å². The van der Waals surface area contributed by atoms with Gasteiger partial charge in [-0.1, -0.05) is 18.2 Å². The molecule has 0 radical (unpaired) electrons. The fraction of sp³-hybridized carbons (Fsp3) is 0.118. The first-order valence-corrected chi connectivity index (χ1v) is 6.50. The molecule has 0 unspecified atom stereocenters. The monoisotopic (exact) mass is 288 g/mol. The van der Waals surface area contributed by atoms with Crippen molar-refractivity contribution in [2.75, 3.05) is 6.61 Å². The number of rotatable bonds is 5. The van der Waals surface area contributed by atoms with Crippen molar-refractivity contribution in [2.45, 2.75) is 6.92 Å². The Balaban J connectivity index is 2.09. The van der Waals surface area contributed by atoms with Crippen LogP contribution < -0.4 is 4.74 Å². The first kappa shape index (κ1) is 14.9. The summed E-state index contributed by atoms with van der Waals surface area (Å²) in [6.07, 6.45) is 2.93. The fourth-order valence-electron chi connectivity index (χ4n) is 1.76. The maximum Gasteiger partial charge on any atom is 0.185 e. The minimum absolute atomic E-state index is 0.107. The number of hydrogen-bond donors (Lipinski definition) is 0. The van der Waals surface area contributed by atoms with Gasteiger partial charge in [0.05, 0.1) is 6.61 Å². The second kappa shape index (κ2) is 6.79. The van der Waals surface area contributed by atoms with Gasteiger partial charge in [-0.05, 0) is 48.9 Å². The van der Waals surface area contributed by atoms with Gasteiger partial charge in [0.2, 0.25) is 0 Å². The van der Waals surface area contributed by atoms with Gasteiger partial charge in [0, 0.05) is 5.56 Å². The van der Waals surface area contributed by atoms with Gasteiger partial charge in [-0.25, -0.2) is 8.78 Å². The molecule has 2 rings (SSSR count). The minimum Gasteiger partial charge on any atom is -0.494 e. The molecule has 4 heteroatoms. The van der Waals surface area contributed by atoms with Crippen LogP contribution in [0.1, 0.15) is 22.8 Å². The second-order valence-corrected chi connectivity index (χ2v) is 4.33. The molecule has 0 spiro atoms. The van der Waals surface area contributed by atoms with E-state index in [1.165, 1.54) is 12.1 Å². The lowest BCUT2D eigenvalue weighted by Crippen LogP contribution is -1.96. The largest absolute Gasteiger partial charge is 0.494 e. The van der Waals surface area contributed by atoms with Crippen LogP contribution in [0.2, 0.25) is 0 Å². The number of halogens is 2. The van der Waals surface area contributed by atoms with E-state index in [1.54, 1.807) is 30.3 Å². The summed E-state index contributed by atoms with van der Waals surface area (Å²) < 4.78 is 31.2. The molecule has 0 aliphatic carbocycles. The van der Waals surface area contributed by atoms with Crippen molar-refractivity contribution >= 4 is 11.9 Å². The zero-order valence-corrected chi connectivity index (χ0v) is 11.5. The minimum atomic E-state index is -1.03. The van der Waals surface area contributed by atoms with Crippen molar-refractivity contribution in [1.29, 1.82) is 0 Å². The molecule has 0 saturated heterocycles. The summed E-state index contributed by atoms with van der Waals surface area (Å²) in [4.78, 5) is 11.9. The van der Waals surface area contributed by atoms with Crippen molar-refractivity contribution in [3.05, 3.63) is 71.3 Å². The molecule has 0 heterocycles. The standard InChI is InChI=1S/C17H14F2O2/c1-2-21-14-7-3-12(4-8-14)5-10-17(20)13-6-9-15(18)16(19)11-13/h3-11H,2H2,1H3. The Morgan fingerprint density at radius 1 is 1.10 bits per heavy atom. The van der Waals surface area contributed by atoms with Crippen molar-refractivity contribution in [3.8, 4) is 5.75 Å². The van der Waals surface area contributed by atoms with E-state index >= 15 is 0 Å². The molecule has 21 heavy (non-hydrogen) atoms. The lowest BCUT2D eigenvalue weighted by atomic mass is 10.1. The molecule has 0 aliphatic rings. The van der Waals surface area contributed by atoms with E-state index in [1.807, 2.05) is 6.92 Å². The summed E-state index contributed by atoms with van der Waals surface area (Å²) in [6, 6.07) is 10.3. The maximum atomic E-state index is 13.1.